The molecule has 1 aromatic carbocycles. The zero-order valence-electron chi connectivity index (χ0n) is 9.64. The SMILES string of the molecule is Nc1cc(F)c(Br)cc1S(=O)(=O)Nc1cnc(Br)cn1. The number of rotatable bonds is 3. The molecule has 20 heavy (non-hydrogen) atoms. The van der Waals surface area contributed by atoms with E-state index in [4.69, 9.17) is 5.73 Å². The maximum Gasteiger partial charge on any atom is 0.265 e. The van der Waals surface area contributed by atoms with Crippen LogP contribution in [0.15, 0.2) is 38.5 Å². The van der Waals surface area contributed by atoms with Crippen molar-refractivity contribution >= 4 is 53.4 Å². The van der Waals surface area contributed by atoms with Gasteiger partial charge in [-0.15, -0.1) is 0 Å². The summed E-state index contributed by atoms with van der Waals surface area (Å²) in [6, 6.07) is 2.01. The smallest absolute Gasteiger partial charge is 0.265 e. The molecule has 0 spiro atoms. The third-order valence-electron chi connectivity index (χ3n) is 2.20. The predicted octanol–water partition coefficient (Wildman–Crippen LogP) is 2.52. The number of nitrogens with one attached hydrogen (secondary N) is 1. The van der Waals surface area contributed by atoms with Gasteiger partial charge < -0.3 is 5.73 Å². The van der Waals surface area contributed by atoms with E-state index in [2.05, 4.69) is 46.5 Å². The van der Waals surface area contributed by atoms with E-state index in [0.29, 0.717) is 4.60 Å². The molecule has 0 bridgehead atoms. The molecule has 0 unspecified atom stereocenters. The van der Waals surface area contributed by atoms with Gasteiger partial charge in [-0.25, -0.2) is 22.8 Å². The van der Waals surface area contributed by atoms with Gasteiger partial charge >= 0.3 is 0 Å². The molecule has 0 aliphatic heterocycles. The fourth-order valence-corrected chi connectivity index (χ4v) is 3.17. The second-order valence-electron chi connectivity index (χ2n) is 3.63. The maximum atomic E-state index is 13.2. The Hall–Kier alpha value is -1.26. The van der Waals surface area contributed by atoms with Crippen LogP contribution >= 0.6 is 31.9 Å². The van der Waals surface area contributed by atoms with Crippen molar-refractivity contribution in [3.05, 3.63) is 39.4 Å². The Kier molecular flexibility index (Phi) is 4.25. The van der Waals surface area contributed by atoms with Crippen LogP contribution in [0.1, 0.15) is 0 Å². The highest BCUT2D eigenvalue weighted by atomic mass is 79.9. The summed E-state index contributed by atoms with van der Waals surface area (Å²) in [5, 5.41) is 0. The molecule has 0 atom stereocenters. The molecule has 0 radical (unpaired) electrons. The molecule has 106 valence electrons. The first-order valence-electron chi connectivity index (χ1n) is 5.04. The summed E-state index contributed by atoms with van der Waals surface area (Å²) in [5.41, 5.74) is 5.33. The summed E-state index contributed by atoms with van der Waals surface area (Å²) >= 11 is 5.99. The van der Waals surface area contributed by atoms with Crippen molar-refractivity contribution in [2.45, 2.75) is 4.90 Å². The zero-order chi connectivity index (χ0) is 14.9. The van der Waals surface area contributed by atoms with E-state index in [1.54, 1.807) is 0 Å². The lowest BCUT2D eigenvalue weighted by Crippen LogP contribution is -2.16. The minimum absolute atomic E-state index is 0.00559. The van der Waals surface area contributed by atoms with Crippen molar-refractivity contribution < 1.29 is 12.8 Å². The number of halogens is 3. The summed E-state index contributed by atoms with van der Waals surface area (Å²) in [6.07, 6.45) is 2.57. The molecule has 2 aromatic rings. The third kappa shape index (κ3) is 3.25. The Labute approximate surface area is 130 Å². The highest BCUT2D eigenvalue weighted by Crippen LogP contribution is 2.27. The standard InChI is InChI=1S/C10H7Br2FN4O2S/c11-5-1-8(7(14)2-6(5)13)20(18,19)17-10-4-15-9(12)3-16-10/h1-4H,14H2,(H,16,17). The van der Waals surface area contributed by atoms with Crippen molar-refractivity contribution in [1.29, 1.82) is 0 Å². The number of nitrogens with two attached hydrogens (primary N) is 1. The Balaban J connectivity index is 2.40. The number of hydrogen-bond acceptors (Lipinski definition) is 5. The van der Waals surface area contributed by atoms with E-state index in [1.807, 2.05) is 0 Å². The van der Waals surface area contributed by atoms with E-state index >= 15 is 0 Å². The maximum absolute atomic E-state index is 13.2. The minimum Gasteiger partial charge on any atom is -0.398 e. The van der Waals surface area contributed by atoms with Crippen molar-refractivity contribution in [1.82, 2.24) is 9.97 Å². The van der Waals surface area contributed by atoms with Crippen LogP contribution in [0.25, 0.3) is 0 Å². The van der Waals surface area contributed by atoms with Crippen molar-refractivity contribution in [3.8, 4) is 0 Å². The molecular weight excluding hydrogens is 419 g/mol. The molecule has 0 aliphatic carbocycles. The van der Waals surface area contributed by atoms with Crippen LogP contribution < -0.4 is 10.5 Å². The second kappa shape index (κ2) is 5.62. The first-order valence-corrected chi connectivity index (χ1v) is 8.11. The molecule has 0 aliphatic rings. The monoisotopic (exact) mass is 424 g/mol. The molecule has 0 fully saturated rings. The van der Waals surface area contributed by atoms with Crippen LogP contribution in [-0.4, -0.2) is 18.4 Å². The minimum atomic E-state index is -3.99. The highest BCUT2D eigenvalue weighted by molar-refractivity contribution is 9.10. The second-order valence-corrected chi connectivity index (χ2v) is 6.95. The van der Waals surface area contributed by atoms with Gasteiger partial charge in [-0.2, -0.15) is 0 Å². The van der Waals surface area contributed by atoms with E-state index < -0.39 is 15.8 Å². The number of sulfonamides is 1. The molecule has 0 amide bonds. The lowest BCUT2D eigenvalue weighted by molar-refractivity contribution is 0.599. The van der Waals surface area contributed by atoms with E-state index in [0.717, 1.165) is 12.1 Å². The van der Waals surface area contributed by atoms with Gasteiger partial charge in [0.1, 0.15) is 15.3 Å². The van der Waals surface area contributed by atoms with Gasteiger partial charge in [0.2, 0.25) is 0 Å². The molecule has 0 saturated heterocycles. The average molecular weight is 426 g/mol. The van der Waals surface area contributed by atoms with Crippen LogP contribution in [0.3, 0.4) is 0 Å². The van der Waals surface area contributed by atoms with E-state index in [-0.39, 0.29) is 20.9 Å². The highest BCUT2D eigenvalue weighted by Gasteiger charge is 2.20. The van der Waals surface area contributed by atoms with Crippen LogP contribution in [0.5, 0.6) is 0 Å². The first kappa shape index (κ1) is 15.1. The molecule has 10 heteroatoms. The Morgan fingerprint density at radius 3 is 2.50 bits per heavy atom. The number of nitrogen functional groups attached to an aromatic ring is 1. The largest absolute Gasteiger partial charge is 0.398 e. The molecule has 2 rings (SSSR count). The quantitative estimate of drug-likeness (QED) is 0.736. The Morgan fingerprint density at radius 1 is 1.20 bits per heavy atom. The molecule has 1 heterocycles. The fraction of sp³-hybridized carbons (Fsp3) is 0. The van der Waals surface area contributed by atoms with E-state index in [9.17, 15) is 12.8 Å². The van der Waals surface area contributed by atoms with Crippen molar-refractivity contribution in [2.24, 2.45) is 0 Å². The summed E-state index contributed by atoms with van der Waals surface area (Å²) in [7, 11) is -3.99. The molecule has 3 N–H and O–H groups in total. The Bertz CT molecular complexity index is 753. The third-order valence-corrected chi connectivity index (χ3v) is 4.63. The summed E-state index contributed by atoms with van der Waals surface area (Å²) in [4.78, 5) is 7.42. The molecule has 0 saturated carbocycles. The van der Waals surface area contributed by atoms with Crippen LogP contribution in [0.2, 0.25) is 0 Å². The Morgan fingerprint density at radius 2 is 1.90 bits per heavy atom. The van der Waals surface area contributed by atoms with Crippen LogP contribution in [0.4, 0.5) is 15.9 Å². The first-order chi connectivity index (χ1) is 9.29. The number of aromatic nitrogens is 2. The van der Waals surface area contributed by atoms with Crippen molar-refractivity contribution in [3.63, 3.8) is 0 Å². The number of benzene rings is 1. The fourth-order valence-electron chi connectivity index (χ4n) is 1.33. The number of anilines is 2. The molecular formula is C10H7Br2FN4O2S. The lowest BCUT2D eigenvalue weighted by atomic mass is 10.3. The van der Waals surface area contributed by atoms with Gasteiger partial charge in [-0.1, -0.05) is 0 Å². The summed E-state index contributed by atoms with van der Waals surface area (Å²) in [5.74, 6) is -0.627. The normalized spacial score (nSPS) is 11.3. The summed E-state index contributed by atoms with van der Waals surface area (Å²) < 4.78 is 40.2. The van der Waals surface area contributed by atoms with Gasteiger partial charge in [0, 0.05) is 0 Å². The van der Waals surface area contributed by atoms with Crippen LogP contribution in [-0.2, 0) is 10.0 Å². The van der Waals surface area contributed by atoms with Gasteiger partial charge in [-0.3, -0.25) is 4.72 Å². The van der Waals surface area contributed by atoms with Gasteiger partial charge in [-0.05, 0) is 44.0 Å². The topological polar surface area (TPSA) is 98.0 Å². The lowest BCUT2D eigenvalue weighted by Gasteiger charge is -2.10. The van der Waals surface area contributed by atoms with Gasteiger partial charge in [0.25, 0.3) is 10.0 Å². The molecule has 6 nitrogen and oxygen atoms in total. The molecule has 1 aromatic heterocycles. The summed E-state index contributed by atoms with van der Waals surface area (Å²) in [6.45, 7) is 0. The zero-order valence-corrected chi connectivity index (χ0v) is 13.6. The van der Waals surface area contributed by atoms with Crippen LogP contribution in [0, 0.1) is 5.82 Å². The van der Waals surface area contributed by atoms with E-state index in [1.165, 1.54) is 12.4 Å². The average Bonchev–Trinajstić information content (AvgIpc) is 2.36. The number of nitrogens with zero attached hydrogens (tertiary/aromatic N) is 2. The predicted molar refractivity (Wildman–Crippen MR) is 79.1 cm³/mol. The van der Waals surface area contributed by atoms with Gasteiger partial charge in [0.05, 0.1) is 22.6 Å². The number of hydrogen-bond donors (Lipinski definition) is 2. The van der Waals surface area contributed by atoms with Crippen molar-refractivity contribution in [2.75, 3.05) is 10.5 Å². The van der Waals surface area contributed by atoms with Gasteiger partial charge in [0.15, 0.2) is 5.82 Å².